The Morgan fingerprint density at radius 2 is 1.67 bits per heavy atom. The molecule has 160 valence electrons. The molecule has 6 aromatic rings. The number of nitrogens with zero attached hydrogens (tertiary/aromatic N) is 2. The average Bonchev–Trinajstić information content (AvgIpc) is 3.58. The molecule has 3 aromatic carbocycles. The largest absolute Gasteiger partial charge is 0.451 e. The maximum atomic E-state index is 12.3. The van der Waals surface area contributed by atoms with E-state index in [-0.39, 0.29) is 5.91 Å². The number of carbonyl (C=O) groups excluding carboxylic acids is 1. The molecule has 0 saturated heterocycles. The maximum Gasteiger partial charge on any atom is 0.283 e. The van der Waals surface area contributed by atoms with Crippen molar-refractivity contribution in [2.24, 2.45) is 0 Å². The van der Waals surface area contributed by atoms with E-state index < -0.39 is 0 Å². The number of benzene rings is 3. The van der Waals surface area contributed by atoms with Crippen LogP contribution in [-0.2, 0) is 0 Å². The van der Waals surface area contributed by atoms with Crippen LogP contribution in [0.15, 0.2) is 87.7 Å². The Balaban J connectivity index is 1.25. The fraction of sp³-hybridized carbons (Fsp3) is 0. The van der Waals surface area contributed by atoms with Crippen molar-refractivity contribution in [2.45, 2.75) is 0 Å². The third kappa shape index (κ3) is 3.67. The molecule has 0 radical (unpaired) electrons. The lowest BCUT2D eigenvalue weighted by Crippen LogP contribution is -2.09. The smallest absolute Gasteiger partial charge is 0.283 e. The van der Waals surface area contributed by atoms with Crippen molar-refractivity contribution in [1.29, 1.82) is 0 Å². The third-order valence-electron chi connectivity index (χ3n) is 5.25. The molecule has 3 heterocycles. The van der Waals surface area contributed by atoms with Crippen molar-refractivity contribution in [2.75, 3.05) is 5.32 Å². The van der Waals surface area contributed by atoms with E-state index in [0.29, 0.717) is 32.4 Å². The minimum atomic E-state index is -0.211. The van der Waals surface area contributed by atoms with Gasteiger partial charge in [0.15, 0.2) is 5.76 Å². The zero-order valence-corrected chi connectivity index (χ0v) is 18.5. The van der Waals surface area contributed by atoms with Crippen LogP contribution < -0.4 is 5.32 Å². The molecule has 6 rings (SSSR count). The molecule has 1 N–H and O–H groups in total. The highest BCUT2D eigenvalue weighted by molar-refractivity contribution is 7.18. The summed E-state index contributed by atoms with van der Waals surface area (Å²) in [7, 11) is 0. The summed E-state index contributed by atoms with van der Waals surface area (Å²) in [6.45, 7) is 0. The SMILES string of the molecule is O=C(Nc1ccc(-c2nnc(-c3cc4c(ccc5ccccc54)o3)o2)cc1)c1ccc(Cl)s1. The molecule has 0 saturated carbocycles. The van der Waals surface area contributed by atoms with Gasteiger partial charge < -0.3 is 14.2 Å². The van der Waals surface area contributed by atoms with Crippen LogP contribution in [0.5, 0.6) is 0 Å². The first-order valence-electron chi connectivity index (χ1n) is 10.1. The summed E-state index contributed by atoms with van der Waals surface area (Å²) < 4.78 is 12.4. The van der Waals surface area contributed by atoms with E-state index in [1.807, 2.05) is 30.3 Å². The number of furan rings is 1. The Morgan fingerprint density at radius 1 is 0.848 bits per heavy atom. The summed E-state index contributed by atoms with van der Waals surface area (Å²) in [5, 5.41) is 14.4. The van der Waals surface area contributed by atoms with Gasteiger partial charge in [-0.15, -0.1) is 21.5 Å². The number of aromatic nitrogens is 2. The Kier molecular flexibility index (Phi) is 4.71. The number of rotatable bonds is 4. The van der Waals surface area contributed by atoms with Crippen molar-refractivity contribution < 1.29 is 13.6 Å². The number of fused-ring (bicyclic) bond motifs is 3. The molecule has 1 amide bonds. The second kappa shape index (κ2) is 7.88. The number of amides is 1. The van der Waals surface area contributed by atoms with Gasteiger partial charge in [0.25, 0.3) is 11.8 Å². The lowest BCUT2D eigenvalue weighted by molar-refractivity contribution is 0.103. The second-order valence-corrected chi connectivity index (χ2v) is 9.07. The third-order valence-corrected chi connectivity index (χ3v) is 6.48. The van der Waals surface area contributed by atoms with Gasteiger partial charge in [0.05, 0.1) is 9.21 Å². The van der Waals surface area contributed by atoms with Gasteiger partial charge in [-0.25, -0.2) is 0 Å². The van der Waals surface area contributed by atoms with Crippen LogP contribution in [0.2, 0.25) is 4.34 Å². The standard InChI is InChI=1S/C25H14ClN3O3S/c26-22-12-11-21(33-22)23(30)27-16-8-5-15(6-9-16)24-28-29-25(32-24)20-13-18-17-4-2-1-3-14(17)7-10-19(18)31-20/h1-13H,(H,27,30). The normalized spacial score (nSPS) is 11.3. The molecule has 0 aliphatic rings. The van der Waals surface area contributed by atoms with Gasteiger partial charge in [-0.3, -0.25) is 4.79 Å². The molecule has 0 bridgehead atoms. The van der Waals surface area contributed by atoms with Gasteiger partial charge in [-0.2, -0.15) is 0 Å². The van der Waals surface area contributed by atoms with Crippen LogP contribution in [-0.4, -0.2) is 16.1 Å². The number of thiophene rings is 1. The molecule has 3 aromatic heterocycles. The number of halogens is 1. The zero-order valence-electron chi connectivity index (χ0n) is 16.9. The van der Waals surface area contributed by atoms with Crippen LogP contribution in [0, 0.1) is 0 Å². The number of nitrogens with one attached hydrogen (secondary N) is 1. The van der Waals surface area contributed by atoms with E-state index in [1.54, 1.807) is 36.4 Å². The predicted octanol–water partition coefficient (Wildman–Crippen LogP) is 7.27. The summed E-state index contributed by atoms with van der Waals surface area (Å²) in [6, 6.07) is 24.6. The first-order valence-corrected chi connectivity index (χ1v) is 11.3. The monoisotopic (exact) mass is 471 g/mol. The summed E-state index contributed by atoms with van der Waals surface area (Å²) in [5.41, 5.74) is 2.14. The van der Waals surface area contributed by atoms with E-state index >= 15 is 0 Å². The van der Waals surface area contributed by atoms with Gasteiger partial charge in [0.1, 0.15) is 5.58 Å². The van der Waals surface area contributed by atoms with Crippen LogP contribution in [0.3, 0.4) is 0 Å². The van der Waals surface area contributed by atoms with E-state index in [2.05, 4.69) is 27.6 Å². The van der Waals surface area contributed by atoms with Crippen molar-refractivity contribution in [3.63, 3.8) is 0 Å². The summed E-state index contributed by atoms with van der Waals surface area (Å²) in [4.78, 5) is 12.8. The topological polar surface area (TPSA) is 81.2 Å². The molecule has 0 fully saturated rings. The average molecular weight is 472 g/mol. The van der Waals surface area contributed by atoms with E-state index in [9.17, 15) is 4.79 Å². The Labute approximate surface area is 196 Å². The first kappa shape index (κ1) is 19.7. The highest BCUT2D eigenvalue weighted by Crippen LogP contribution is 2.33. The number of carbonyl (C=O) groups is 1. The molecule has 0 aliphatic carbocycles. The van der Waals surface area contributed by atoms with Crippen LogP contribution in [0.4, 0.5) is 5.69 Å². The quantitative estimate of drug-likeness (QED) is 0.292. The molecule has 0 spiro atoms. The highest BCUT2D eigenvalue weighted by atomic mass is 35.5. The van der Waals surface area contributed by atoms with Crippen molar-refractivity contribution in [3.8, 4) is 23.1 Å². The van der Waals surface area contributed by atoms with Crippen LogP contribution in [0.25, 0.3) is 44.8 Å². The Morgan fingerprint density at radius 3 is 2.48 bits per heavy atom. The Hall–Kier alpha value is -3.94. The summed E-state index contributed by atoms with van der Waals surface area (Å²) >= 11 is 7.13. The highest BCUT2D eigenvalue weighted by Gasteiger charge is 2.16. The summed E-state index contributed by atoms with van der Waals surface area (Å²) in [5.74, 6) is 0.964. The number of hydrogen-bond acceptors (Lipinski definition) is 6. The van der Waals surface area contributed by atoms with Gasteiger partial charge in [0, 0.05) is 16.6 Å². The van der Waals surface area contributed by atoms with E-state index in [1.165, 1.54) is 11.3 Å². The lowest BCUT2D eigenvalue weighted by atomic mass is 10.1. The first-order chi connectivity index (χ1) is 16.1. The molecular formula is C25H14ClN3O3S. The Bertz CT molecular complexity index is 1630. The van der Waals surface area contributed by atoms with Crippen LogP contribution in [0.1, 0.15) is 9.67 Å². The molecule has 6 nitrogen and oxygen atoms in total. The molecule has 0 atom stereocenters. The molecule has 33 heavy (non-hydrogen) atoms. The second-order valence-electron chi connectivity index (χ2n) is 7.36. The van der Waals surface area contributed by atoms with Gasteiger partial charge in [-0.05, 0) is 59.3 Å². The maximum absolute atomic E-state index is 12.3. The van der Waals surface area contributed by atoms with E-state index in [0.717, 1.165) is 27.3 Å². The van der Waals surface area contributed by atoms with Gasteiger partial charge in [0.2, 0.25) is 5.89 Å². The van der Waals surface area contributed by atoms with Gasteiger partial charge >= 0.3 is 0 Å². The van der Waals surface area contributed by atoms with Crippen LogP contribution >= 0.6 is 22.9 Å². The molecule has 8 heteroatoms. The van der Waals surface area contributed by atoms with Crippen molar-refractivity contribution >= 4 is 56.3 Å². The fourth-order valence-electron chi connectivity index (χ4n) is 3.66. The predicted molar refractivity (Wildman–Crippen MR) is 130 cm³/mol. The molecular weight excluding hydrogens is 458 g/mol. The van der Waals surface area contributed by atoms with Gasteiger partial charge in [-0.1, -0.05) is 41.9 Å². The number of anilines is 1. The number of hydrogen-bond donors (Lipinski definition) is 1. The minimum absolute atomic E-state index is 0.211. The molecule has 0 aliphatic heterocycles. The van der Waals surface area contributed by atoms with E-state index in [4.69, 9.17) is 20.4 Å². The zero-order chi connectivity index (χ0) is 22.4. The summed E-state index contributed by atoms with van der Waals surface area (Å²) in [6.07, 6.45) is 0. The molecule has 0 unspecified atom stereocenters. The van der Waals surface area contributed by atoms with Crippen molar-refractivity contribution in [3.05, 3.63) is 88.1 Å². The lowest BCUT2D eigenvalue weighted by Gasteiger charge is -2.03. The minimum Gasteiger partial charge on any atom is -0.451 e. The van der Waals surface area contributed by atoms with Crippen molar-refractivity contribution in [1.82, 2.24) is 10.2 Å². The fourth-order valence-corrected chi connectivity index (χ4v) is 4.60.